The van der Waals surface area contributed by atoms with E-state index in [1.807, 2.05) is 0 Å². The molecule has 40 heavy (non-hydrogen) atoms. The highest BCUT2D eigenvalue weighted by atomic mass is 19.4. The fourth-order valence-electron chi connectivity index (χ4n) is 3.62. The average Bonchev–Trinajstić information content (AvgIpc) is 3.34. The molecule has 0 bridgehead atoms. The predicted octanol–water partition coefficient (Wildman–Crippen LogP) is 5.23. The molecule has 0 aliphatic rings. The van der Waals surface area contributed by atoms with Crippen LogP contribution in [-0.2, 0) is 28.7 Å². The molecule has 13 heteroatoms. The number of hydrogen-bond acceptors (Lipinski definition) is 6. The smallest absolute Gasteiger partial charge is 0.416 e. The molecule has 0 unspecified atom stereocenters. The van der Waals surface area contributed by atoms with Crippen LogP contribution >= 0.6 is 0 Å². The number of benzene rings is 3. The van der Waals surface area contributed by atoms with E-state index in [1.54, 1.807) is 54.6 Å². The molecule has 0 saturated heterocycles. The maximum absolute atomic E-state index is 13.5. The number of ether oxygens (including phenoxy) is 1. The molecule has 0 spiro atoms. The summed E-state index contributed by atoms with van der Waals surface area (Å²) in [7, 11) is 1.28. The minimum Gasteiger partial charge on any atom is -0.465 e. The number of hydrogen-bond donors (Lipinski definition) is 2. The third-order valence-electron chi connectivity index (χ3n) is 5.43. The molecule has 0 atom stereocenters. The zero-order chi connectivity index (χ0) is 28.7. The van der Waals surface area contributed by atoms with Gasteiger partial charge in [-0.1, -0.05) is 42.5 Å². The highest BCUT2D eigenvalue weighted by Gasteiger charge is 2.31. The first-order valence-electron chi connectivity index (χ1n) is 11.7. The molecule has 0 radical (unpaired) electrons. The Bertz CT molecular complexity index is 1510. The lowest BCUT2D eigenvalue weighted by Crippen LogP contribution is -2.35. The lowest BCUT2D eigenvalue weighted by atomic mass is 10.1. The van der Waals surface area contributed by atoms with E-state index < -0.39 is 29.6 Å². The molecule has 0 aliphatic heterocycles. The maximum Gasteiger partial charge on any atom is 0.416 e. The number of methoxy groups -OCH3 is 1. The number of nitrogens with zero attached hydrogens (tertiary/aromatic N) is 3. The first-order chi connectivity index (χ1) is 19.1. The number of rotatable bonds is 8. The highest BCUT2D eigenvalue weighted by Crippen LogP contribution is 2.34. The molecule has 206 valence electrons. The summed E-state index contributed by atoms with van der Waals surface area (Å²) in [5.74, 6) is -1.21. The summed E-state index contributed by atoms with van der Waals surface area (Å²) in [6.45, 7) is 0.224. The lowest BCUT2D eigenvalue weighted by Gasteiger charge is -2.18. The number of urea groups is 1. The molecular formula is C27H22F3N5O5. The lowest BCUT2D eigenvalue weighted by molar-refractivity contribution is -0.754. The van der Waals surface area contributed by atoms with Crippen LogP contribution in [0.5, 0.6) is 0 Å². The van der Waals surface area contributed by atoms with Crippen molar-refractivity contribution in [2.75, 3.05) is 17.7 Å². The van der Waals surface area contributed by atoms with Crippen molar-refractivity contribution in [3.63, 3.8) is 0 Å². The van der Waals surface area contributed by atoms with Crippen molar-refractivity contribution in [3.8, 4) is 0 Å². The first-order valence-corrected chi connectivity index (χ1v) is 11.7. The normalized spacial score (nSPS) is 11.0. The van der Waals surface area contributed by atoms with Gasteiger partial charge in [-0.15, -0.1) is 0 Å². The van der Waals surface area contributed by atoms with E-state index in [9.17, 15) is 27.6 Å². The van der Waals surface area contributed by atoms with Crippen molar-refractivity contribution in [2.24, 2.45) is 0 Å². The monoisotopic (exact) mass is 553 g/mol. The van der Waals surface area contributed by atoms with E-state index in [0.29, 0.717) is 11.1 Å². The Kier molecular flexibility index (Phi) is 8.42. The van der Waals surface area contributed by atoms with Crippen LogP contribution in [0.3, 0.4) is 0 Å². The zero-order valence-corrected chi connectivity index (χ0v) is 20.9. The van der Waals surface area contributed by atoms with Crippen molar-refractivity contribution in [2.45, 2.75) is 19.1 Å². The largest absolute Gasteiger partial charge is 0.465 e. The van der Waals surface area contributed by atoms with Crippen LogP contribution in [0.15, 0.2) is 83.5 Å². The van der Waals surface area contributed by atoms with Gasteiger partial charge in [0, 0.05) is 11.3 Å². The minimum absolute atomic E-state index is 0.0466. The molecule has 1 heterocycles. The molecule has 3 aromatic carbocycles. The van der Waals surface area contributed by atoms with Crippen LogP contribution < -0.4 is 15.3 Å². The average molecular weight is 553 g/mol. The molecule has 4 rings (SSSR count). The molecule has 0 fully saturated rings. The van der Waals surface area contributed by atoms with Crippen LogP contribution in [0.4, 0.5) is 35.2 Å². The van der Waals surface area contributed by atoms with Gasteiger partial charge < -0.3 is 25.2 Å². The second-order valence-corrected chi connectivity index (χ2v) is 8.48. The van der Waals surface area contributed by atoms with Crippen molar-refractivity contribution in [1.82, 2.24) is 5.27 Å². The van der Waals surface area contributed by atoms with E-state index in [0.717, 1.165) is 17.7 Å². The third kappa shape index (κ3) is 7.66. The Morgan fingerprint density at radius 1 is 0.950 bits per heavy atom. The molecule has 0 saturated carbocycles. The Morgan fingerprint density at radius 2 is 1.62 bits per heavy atom. The van der Waals surface area contributed by atoms with E-state index in [4.69, 9.17) is 4.52 Å². The number of amides is 3. The van der Waals surface area contributed by atoms with Crippen LogP contribution in [-0.4, -0.2) is 30.3 Å². The van der Waals surface area contributed by atoms with Gasteiger partial charge in [0.2, 0.25) is 24.5 Å². The van der Waals surface area contributed by atoms with Gasteiger partial charge in [0.25, 0.3) is 0 Å². The predicted molar refractivity (Wildman–Crippen MR) is 136 cm³/mol. The molecule has 4 aromatic rings. The number of halogens is 3. The number of carbonyl (C=O) groups is 3. The Balaban J connectivity index is 1.40. The van der Waals surface area contributed by atoms with E-state index in [-0.39, 0.29) is 30.2 Å². The molecule has 10 nitrogen and oxygen atoms in total. The summed E-state index contributed by atoms with van der Waals surface area (Å²) < 4.78 is 51.4. The SMILES string of the molecule is COC(=O)c1ccc(C[n+]2cc([N-]C(=O)Nc3cc(NC(=O)Cc4ccccc4)cc(C(F)(F)F)c3)on2)cc1. The maximum atomic E-state index is 13.5. The number of alkyl halides is 3. The molecule has 3 amide bonds. The number of anilines is 2. The fraction of sp³-hybridized carbons (Fsp3) is 0.148. The summed E-state index contributed by atoms with van der Waals surface area (Å²) in [5.41, 5.74) is 0.348. The number of aromatic nitrogens is 2. The van der Waals surface area contributed by atoms with E-state index >= 15 is 0 Å². The number of nitrogens with one attached hydrogen (secondary N) is 2. The van der Waals surface area contributed by atoms with Gasteiger partial charge in [-0.25, -0.2) is 4.79 Å². The summed E-state index contributed by atoms with van der Waals surface area (Å²) in [6, 6.07) is 16.9. The first kappa shape index (κ1) is 27.8. The van der Waals surface area contributed by atoms with Crippen LogP contribution in [0.1, 0.15) is 27.0 Å². The molecule has 2 N–H and O–H groups in total. The van der Waals surface area contributed by atoms with E-state index in [2.05, 4.69) is 26.0 Å². The van der Waals surface area contributed by atoms with Gasteiger partial charge in [-0.2, -0.15) is 13.2 Å². The zero-order valence-electron chi connectivity index (χ0n) is 20.9. The Labute approximate surface area is 225 Å². The van der Waals surface area contributed by atoms with Gasteiger partial charge in [0.15, 0.2) is 11.3 Å². The van der Waals surface area contributed by atoms with Crippen molar-refractivity contribution in [3.05, 3.63) is 107 Å². The van der Waals surface area contributed by atoms with Gasteiger partial charge in [-0.3, -0.25) is 9.59 Å². The van der Waals surface area contributed by atoms with Crippen LogP contribution in [0, 0.1) is 0 Å². The van der Waals surface area contributed by atoms with Gasteiger partial charge in [0.1, 0.15) is 0 Å². The number of esters is 1. The van der Waals surface area contributed by atoms with Crippen molar-refractivity contribution < 1.29 is 41.5 Å². The van der Waals surface area contributed by atoms with Gasteiger partial charge >= 0.3 is 12.1 Å². The number of carbonyl (C=O) groups excluding carboxylic acids is 3. The van der Waals surface area contributed by atoms with Crippen molar-refractivity contribution in [1.29, 1.82) is 0 Å². The molecule has 1 aromatic heterocycles. The van der Waals surface area contributed by atoms with Gasteiger partial charge in [0.05, 0.1) is 24.7 Å². The quantitative estimate of drug-likeness (QED) is 0.227. The Hall–Kier alpha value is -5.20. The second kappa shape index (κ2) is 12.1. The second-order valence-electron chi connectivity index (χ2n) is 8.48. The van der Waals surface area contributed by atoms with Gasteiger partial charge in [-0.05, 0) is 46.3 Å². The fourth-order valence-corrected chi connectivity index (χ4v) is 3.62. The minimum atomic E-state index is -4.73. The van der Waals surface area contributed by atoms with Crippen LogP contribution in [0.2, 0.25) is 0 Å². The highest BCUT2D eigenvalue weighted by molar-refractivity contribution is 6.04. The third-order valence-corrected chi connectivity index (χ3v) is 5.43. The van der Waals surface area contributed by atoms with E-state index in [1.165, 1.54) is 24.1 Å². The van der Waals surface area contributed by atoms with Crippen LogP contribution in [0.25, 0.3) is 5.32 Å². The Morgan fingerprint density at radius 3 is 2.27 bits per heavy atom. The van der Waals surface area contributed by atoms with Crippen molar-refractivity contribution >= 4 is 35.2 Å². The summed E-state index contributed by atoms with van der Waals surface area (Å²) in [4.78, 5) is 36.3. The summed E-state index contributed by atoms with van der Waals surface area (Å²) in [6.07, 6.45) is -3.47. The molecule has 0 aliphatic carbocycles. The summed E-state index contributed by atoms with van der Waals surface area (Å²) >= 11 is 0. The molecular weight excluding hydrogens is 531 g/mol. The standard InChI is InChI=1S/C27H22F3N5O5/c1-39-25(37)19-9-7-18(8-10-19)15-35-16-24(40-34-35)33-26(38)32-22-13-20(27(28,29)30)12-21(14-22)31-23(36)11-17-5-3-2-4-6-17/h2-10,12-14,16H,11,15H2,1H3,(H2-,31,32,33,34,36,38). The topological polar surface area (TPSA) is 129 Å². The summed E-state index contributed by atoms with van der Waals surface area (Å²) in [5, 5.41) is 12.1.